The first-order valence-electron chi connectivity index (χ1n) is 8.93. The average molecular weight is 412 g/mol. The Morgan fingerprint density at radius 1 is 1.14 bits per heavy atom. The third-order valence-corrected chi connectivity index (χ3v) is 4.98. The van der Waals surface area contributed by atoms with Gasteiger partial charge in [-0.15, -0.1) is 0 Å². The first-order valence-corrected chi connectivity index (χ1v) is 9.71. The number of aromatic nitrogens is 2. The summed E-state index contributed by atoms with van der Waals surface area (Å²) < 4.78 is 1.93. The van der Waals surface area contributed by atoms with Gasteiger partial charge in [-0.1, -0.05) is 60.1 Å². The molecule has 0 saturated carbocycles. The Labute approximate surface area is 175 Å². The minimum Gasteiger partial charge on any atom is -0.357 e. The number of hydrazone groups is 1. The minimum absolute atomic E-state index is 0.471. The van der Waals surface area contributed by atoms with Gasteiger partial charge in [0, 0.05) is 22.8 Å². The van der Waals surface area contributed by atoms with Crippen LogP contribution in [-0.4, -0.2) is 21.1 Å². The lowest BCUT2D eigenvalue weighted by Gasteiger charge is -2.07. The summed E-state index contributed by atoms with van der Waals surface area (Å²) in [6.07, 6.45) is 1.75. The molecule has 28 heavy (non-hydrogen) atoms. The fourth-order valence-electron chi connectivity index (χ4n) is 2.81. The number of hydrogen-bond acceptors (Lipinski definition) is 3. The summed E-state index contributed by atoms with van der Waals surface area (Å²) >= 11 is 11.5. The number of nitrogens with one attached hydrogen (secondary N) is 2. The first-order chi connectivity index (χ1) is 13.5. The average Bonchev–Trinajstić information content (AvgIpc) is 2.96. The van der Waals surface area contributed by atoms with E-state index in [0.717, 1.165) is 33.1 Å². The van der Waals surface area contributed by atoms with Gasteiger partial charge in [0.1, 0.15) is 0 Å². The van der Waals surface area contributed by atoms with Gasteiger partial charge < -0.3 is 5.32 Å². The van der Waals surface area contributed by atoms with E-state index < -0.39 is 0 Å². The van der Waals surface area contributed by atoms with Gasteiger partial charge in [-0.25, -0.2) is 0 Å². The molecule has 0 aliphatic heterocycles. The van der Waals surface area contributed by atoms with Gasteiger partial charge in [0.2, 0.25) is 0 Å². The number of benzene rings is 2. The summed E-state index contributed by atoms with van der Waals surface area (Å²) in [5.74, 6) is 0. The van der Waals surface area contributed by atoms with Crippen LogP contribution in [0, 0.1) is 13.8 Å². The lowest BCUT2D eigenvalue weighted by molar-refractivity contribution is 0.659. The Morgan fingerprint density at radius 2 is 1.86 bits per heavy atom. The molecule has 3 rings (SSSR count). The first kappa shape index (κ1) is 20.0. The standard InChI is InChI=1S/C21H22ClN5S/c1-15-19(13-24-25-21(28)23-12-17-8-4-3-5-9-17)16(2)27(26-15)14-18-10-6-7-11-20(18)22/h3-11,13H,12,14H2,1-2H3,(H2,23,25,28)/b24-13-. The SMILES string of the molecule is Cc1nn(Cc2ccccc2Cl)c(C)c1/C=N\NC(=S)NCc1ccccc1. The molecule has 0 spiro atoms. The summed E-state index contributed by atoms with van der Waals surface area (Å²) in [7, 11) is 0. The van der Waals surface area contributed by atoms with Crippen LogP contribution in [0.4, 0.5) is 0 Å². The fraction of sp³-hybridized carbons (Fsp3) is 0.190. The number of nitrogens with zero attached hydrogens (tertiary/aromatic N) is 3. The molecule has 0 atom stereocenters. The Kier molecular flexibility index (Phi) is 6.79. The third-order valence-electron chi connectivity index (χ3n) is 4.37. The molecule has 7 heteroatoms. The summed E-state index contributed by atoms with van der Waals surface area (Å²) in [5.41, 5.74) is 7.93. The van der Waals surface area contributed by atoms with Crippen molar-refractivity contribution in [2.75, 3.05) is 0 Å². The molecule has 0 aliphatic rings. The lowest BCUT2D eigenvalue weighted by atomic mass is 10.2. The Hall–Kier alpha value is -2.70. The monoisotopic (exact) mass is 411 g/mol. The van der Waals surface area contributed by atoms with E-state index in [-0.39, 0.29) is 0 Å². The second kappa shape index (κ2) is 9.48. The van der Waals surface area contributed by atoms with Gasteiger partial charge in [0.15, 0.2) is 5.11 Å². The van der Waals surface area contributed by atoms with Crippen molar-refractivity contribution in [3.8, 4) is 0 Å². The quantitative estimate of drug-likeness (QED) is 0.362. The number of halogens is 1. The Morgan fingerprint density at radius 3 is 2.61 bits per heavy atom. The zero-order chi connectivity index (χ0) is 19.9. The van der Waals surface area contributed by atoms with Crippen LogP contribution in [0.15, 0.2) is 59.7 Å². The van der Waals surface area contributed by atoms with Crippen molar-refractivity contribution >= 4 is 35.1 Å². The largest absolute Gasteiger partial charge is 0.357 e. The van der Waals surface area contributed by atoms with Crippen LogP contribution in [0.2, 0.25) is 5.02 Å². The van der Waals surface area contributed by atoms with Crippen LogP contribution in [0.3, 0.4) is 0 Å². The van der Waals surface area contributed by atoms with E-state index in [1.807, 2.05) is 73.1 Å². The molecule has 3 aromatic rings. The smallest absolute Gasteiger partial charge is 0.187 e. The third kappa shape index (κ3) is 5.18. The fourth-order valence-corrected chi connectivity index (χ4v) is 3.13. The highest BCUT2D eigenvalue weighted by Gasteiger charge is 2.11. The maximum atomic E-state index is 6.27. The summed E-state index contributed by atoms with van der Waals surface area (Å²) in [4.78, 5) is 0. The van der Waals surface area contributed by atoms with Crippen LogP contribution in [-0.2, 0) is 13.1 Å². The van der Waals surface area contributed by atoms with Crippen molar-refractivity contribution in [1.82, 2.24) is 20.5 Å². The second-order valence-corrected chi connectivity index (χ2v) is 7.19. The number of aryl methyl sites for hydroxylation is 1. The van der Waals surface area contributed by atoms with Crippen LogP contribution < -0.4 is 10.7 Å². The molecule has 1 heterocycles. The summed E-state index contributed by atoms with van der Waals surface area (Å²) in [6, 6.07) is 17.9. The molecule has 0 unspecified atom stereocenters. The van der Waals surface area contributed by atoms with Crippen molar-refractivity contribution < 1.29 is 0 Å². The Balaban J connectivity index is 1.60. The van der Waals surface area contributed by atoms with Crippen LogP contribution in [0.5, 0.6) is 0 Å². The molecule has 2 N–H and O–H groups in total. The molecule has 0 aliphatic carbocycles. The van der Waals surface area contributed by atoms with Gasteiger partial charge in [-0.2, -0.15) is 10.2 Å². The van der Waals surface area contributed by atoms with E-state index in [2.05, 4.69) is 20.9 Å². The van der Waals surface area contributed by atoms with Gasteiger partial charge in [0.25, 0.3) is 0 Å². The van der Waals surface area contributed by atoms with Crippen molar-refractivity contribution in [3.63, 3.8) is 0 Å². The maximum absolute atomic E-state index is 6.27. The van der Waals surface area contributed by atoms with Crippen molar-refractivity contribution in [3.05, 3.63) is 87.7 Å². The molecule has 2 aromatic carbocycles. The van der Waals surface area contributed by atoms with E-state index in [9.17, 15) is 0 Å². The van der Waals surface area contributed by atoms with Gasteiger partial charge in [-0.05, 0) is 43.3 Å². The second-order valence-electron chi connectivity index (χ2n) is 6.37. The normalized spacial score (nSPS) is 11.0. The predicted molar refractivity (Wildman–Crippen MR) is 119 cm³/mol. The number of thiocarbonyl (C=S) groups is 1. The lowest BCUT2D eigenvalue weighted by Crippen LogP contribution is -2.31. The Bertz CT molecular complexity index is 982. The molecule has 0 bridgehead atoms. The zero-order valence-electron chi connectivity index (χ0n) is 15.8. The molecule has 0 saturated heterocycles. The number of rotatable bonds is 6. The van der Waals surface area contributed by atoms with E-state index >= 15 is 0 Å². The molecular formula is C21H22ClN5S. The number of hydrogen-bond donors (Lipinski definition) is 2. The molecule has 144 valence electrons. The molecule has 0 amide bonds. The van der Waals surface area contributed by atoms with E-state index in [4.69, 9.17) is 23.8 Å². The highest BCUT2D eigenvalue weighted by molar-refractivity contribution is 7.80. The highest BCUT2D eigenvalue weighted by Crippen LogP contribution is 2.18. The van der Waals surface area contributed by atoms with Crippen molar-refractivity contribution in [2.24, 2.45) is 5.10 Å². The van der Waals surface area contributed by atoms with Crippen LogP contribution in [0.1, 0.15) is 28.1 Å². The van der Waals surface area contributed by atoms with E-state index in [1.54, 1.807) is 6.21 Å². The minimum atomic E-state index is 0.471. The van der Waals surface area contributed by atoms with Crippen LogP contribution >= 0.6 is 23.8 Å². The van der Waals surface area contributed by atoms with E-state index in [1.165, 1.54) is 0 Å². The molecule has 0 fully saturated rings. The van der Waals surface area contributed by atoms with Gasteiger partial charge >= 0.3 is 0 Å². The predicted octanol–water partition coefficient (Wildman–Crippen LogP) is 4.20. The topological polar surface area (TPSA) is 54.2 Å². The summed E-state index contributed by atoms with van der Waals surface area (Å²) in [5, 5.41) is 13.2. The van der Waals surface area contributed by atoms with Crippen LogP contribution in [0.25, 0.3) is 0 Å². The molecule has 1 aromatic heterocycles. The molecule has 5 nitrogen and oxygen atoms in total. The van der Waals surface area contributed by atoms with Gasteiger partial charge in [0.05, 0.1) is 18.5 Å². The van der Waals surface area contributed by atoms with Gasteiger partial charge in [-0.3, -0.25) is 10.1 Å². The molecule has 0 radical (unpaired) electrons. The van der Waals surface area contributed by atoms with Crippen molar-refractivity contribution in [2.45, 2.75) is 26.9 Å². The highest BCUT2D eigenvalue weighted by atomic mass is 35.5. The van der Waals surface area contributed by atoms with E-state index in [0.29, 0.717) is 18.2 Å². The van der Waals surface area contributed by atoms with Crippen molar-refractivity contribution in [1.29, 1.82) is 0 Å². The maximum Gasteiger partial charge on any atom is 0.187 e. The molecular weight excluding hydrogens is 390 g/mol. The zero-order valence-corrected chi connectivity index (χ0v) is 17.4. The summed E-state index contributed by atoms with van der Waals surface area (Å²) in [6.45, 7) is 5.24.